The number of benzene rings is 2. The third kappa shape index (κ3) is 3.33. The lowest BCUT2D eigenvalue weighted by molar-refractivity contribution is -0.135. The van der Waals surface area contributed by atoms with Gasteiger partial charge in [-0.3, -0.25) is 9.59 Å². The van der Waals surface area contributed by atoms with Crippen molar-refractivity contribution < 1.29 is 28.5 Å². The Labute approximate surface area is 162 Å². The van der Waals surface area contributed by atoms with Crippen LogP contribution >= 0.6 is 0 Å². The maximum Gasteiger partial charge on any atom is 0.314 e. The number of allylic oxidation sites excluding steroid dienone is 1. The summed E-state index contributed by atoms with van der Waals surface area (Å²) in [5.41, 5.74) is 1.83. The summed E-state index contributed by atoms with van der Waals surface area (Å²) < 4.78 is 21.8. The number of ether oxygens (including phenoxy) is 4. The van der Waals surface area contributed by atoms with Crippen molar-refractivity contribution >= 4 is 17.8 Å². The van der Waals surface area contributed by atoms with Gasteiger partial charge in [-0.1, -0.05) is 0 Å². The molecule has 1 aliphatic heterocycles. The predicted octanol–water partition coefficient (Wildman–Crippen LogP) is 3.94. The van der Waals surface area contributed by atoms with E-state index in [-0.39, 0.29) is 23.4 Å². The summed E-state index contributed by atoms with van der Waals surface area (Å²) in [5, 5.41) is 0. The van der Waals surface area contributed by atoms with E-state index in [1.165, 1.54) is 0 Å². The molecule has 2 aliphatic rings. The molecule has 1 saturated carbocycles. The highest BCUT2D eigenvalue weighted by molar-refractivity contribution is 6.15. The Hall–Kier alpha value is -3.28. The Morgan fingerprint density at radius 1 is 1.11 bits per heavy atom. The zero-order chi connectivity index (χ0) is 19.8. The molecule has 1 heterocycles. The molecule has 2 aromatic carbocycles. The lowest BCUT2D eigenvalue weighted by Gasteiger charge is -2.08. The van der Waals surface area contributed by atoms with Gasteiger partial charge in [0.1, 0.15) is 23.0 Å². The van der Waals surface area contributed by atoms with Gasteiger partial charge < -0.3 is 18.9 Å². The van der Waals surface area contributed by atoms with Crippen molar-refractivity contribution in [1.29, 1.82) is 0 Å². The van der Waals surface area contributed by atoms with Gasteiger partial charge in [0.15, 0.2) is 5.76 Å². The molecule has 6 heteroatoms. The van der Waals surface area contributed by atoms with E-state index in [1.807, 2.05) is 0 Å². The number of Topliss-reactive ketones (excluding diaryl/α,β-unsaturated/α-hetero) is 1. The first-order valence-electron chi connectivity index (χ1n) is 9.02. The van der Waals surface area contributed by atoms with Crippen LogP contribution in [-0.4, -0.2) is 26.0 Å². The van der Waals surface area contributed by atoms with Gasteiger partial charge in [0.25, 0.3) is 0 Å². The van der Waals surface area contributed by atoms with Crippen LogP contribution in [0.2, 0.25) is 0 Å². The van der Waals surface area contributed by atoms with Crippen molar-refractivity contribution in [3.8, 4) is 23.0 Å². The molecule has 0 amide bonds. The summed E-state index contributed by atoms with van der Waals surface area (Å²) in [6, 6.07) is 8.58. The number of hydrogen-bond donors (Lipinski definition) is 0. The minimum Gasteiger partial charge on any atom is -0.497 e. The number of methoxy groups -OCH3 is 2. The van der Waals surface area contributed by atoms with Crippen molar-refractivity contribution in [3.05, 3.63) is 52.8 Å². The number of fused-ring (bicyclic) bond motifs is 1. The average molecular weight is 380 g/mol. The summed E-state index contributed by atoms with van der Waals surface area (Å²) in [6.45, 7) is 1.80. The Kier molecular flexibility index (Phi) is 4.55. The monoisotopic (exact) mass is 380 g/mol. The molecule has 0 unspecified atom stereocenters. The van der Waals surface area contributed by atoms with E-state index in [2.05, 4.69) is 0 Å². The van der Waals surface area contributed by atoms with Gasteiger partial charge in [-0.25, -0.2) is 0 Å². The van der Waals surface area contributed by atoms with E-state index in [1.54, 1.807) is 57.6 Å². The molecular formula is C22H20O6. The molecule has 1 fully saturated rings. The second-order valence-corrected chi connectivity index (χ2v) is 6.86. The molecule has 0 N–H and O–H groups in total. The zero-order valence-corrected chi connectivity index (χ0v) is 15.9. The number of rotatable bonds is 5. The van der Waals surface area contributed by atoms with Crippen LogP contribution in [0.3, 0.4) is 0 Å². The van der Waals surface area contributed by atoms with Gasteiger partial charge in [0, 0.05) is 11.6 Å². The van der Waals surface area contributed by atoms with Crippen molar-refractivity contribution in [2.24, 2.45) is 5.92 Å². The number of carbonyl (C=O) groups excluding carboxylic acids is 2. The maximum atomic E-state index is 12.9. The van der Waals surface area contributed by atoms with Gasteiger partial charge in [-0.05, 0) is 55.7 Å². The smallest absolute Gasteiger partial charge is 0.314 e. The number of carbonyl (C=O) groups is 2. The summed E-state index contributed by atoms with van der Waals surface area (Å²) in [4.78, 5) is 24.8. The first-order chi connectivity index (χ1) is 13.5. The number of ketones is 1. The van der Waals surface area contributed by atoms with E-state index in [4.69, 9.17) is 18.9 Å². The van der Waals surface area contributed by atoms with Gasteiger partial charge in [-0.15, -0.1) is 0 Å². The molecule has 144 valence electrons. The lowest BCUT2D eigenvalue weighted by Crippen LogP contribution is -2.10. The SMILES string of the molecule is COc1ccc(OC)c(/C=C2\Oc3cc(OC(=O)C4CC4)cc(C)c3C2=O)c1. The van der Waals surface area contributed by atoms with Crippen molar-refractivity contribution in [3.63, 3.8) is 0 Å². The van der Waals surface area contributed by atoms with Crippen LogP contribution in [0.25, 0.3) is 6.08 Å². The van der Waals surface area contributed by atoms with Crippen LogP contribution in [0, 0.1) is 12.8 Å². The molecule has 0 radical (unpaired) electrons. The fourth-order valence-electron chi connectivity index (χ4n) is 3.15. The van der Waals surface area contributed by atoms with Crippen LogP contribution in [0.4, 0.5) is 0 Å². The van der Waals surface area contributed by atoms with E-state index in [9.17, 15) is 9.59 Å². The molecular weight excluding hydrogens is 360 g/mol. The first-order valence-corrected chi connectivity index (χ1v) is 9.02. The fraction of sp³-hybridized carbons (Fsp3) is 0.273. The highest BCUT2D eigenvalue weighted by Crippen LogP contribution is 2.39. The topological polar surface area (TPSA) is 71.1 Å². The predicted molar refractivity (Wildman–Crippen MR) is 102 cm³/mol. The Morgan fingerprint density at radius 2 is 1.89 bits per heavy atom. The molecule has 0 bridgehead atoms. The zero-order valence-electron chi connectivity index (χ0n) is 15.9. The van der Waals surface area contributed by atoms with E-state index in [0.29, 0.717) is 39.7 Å². The van der Waals surface area contributed by atoms with Gasteiger partial charge in [0.2, 0.25) is 5.78 Å². The van der Waals surface area contributed by atoms with Crippen LogP contribution in [0.15, 0.2) is 36.1 Å². The second-order valence-electron chi connectivity index (χ2n) is 6.86. The van der Waals surface area contributed by atoms with E-state index >= 15 is 0 Å². The van der Waals surface area contributed by atoms with Crippen molar-refractivity contribution in [2.45, 2.75) is 19.8 Å². The lowest BCUT2D eigenvalue weighted by atomic mass is 10.0. The molecule has 0 spiro atoms. The molecule has 2 aromatic rings. The third-order valence-corrected chi connectivity index (χ3v) is 4.80. The Balaban J connectivity index is 1.66. The second kappa shape index (κ2) is 7.03. The normalized spacial score (nSPS) is 16.5. The summed E-state index contributed by atoms with van der Waals surface area (Å²) in [6.07, 6.45) is 3.36. The minimum absolute atomic E-state index is 0.00732. The standard InChI is InChI=1S/C22H20O6/c1-12-8-16(27-22(24)13-4-5-13)11-18-20(12)21(23)19(28-18)10-14-9-15(25-2)6-7-17(14)26-3/h6-11,13H,4-5H2,1-3H3/b19-10-. The van der Waals surface area contributed by atoms with Crippen molar-refractivity contribution in [1.82, 2.24) is 0 Å². The molecule has 0 atom stereocenters. The van der Waals surface area contributed by atoms with E-state index < -0.39 is 0 Å². The summed E-state index contributed by atoms with van der Waals surface area (Å²) >= 11 is 0. The van der Waals surface area contributed by atoms with Crippen LogP contribution in [0.5, 0.6) is 23.0 Å². The molecule has 28 heavy (non-hydrogen) atoms. The van der Waals surface area contributed by atoms with Crippen LogP contribution < -0.4 is 18.9 Å². The largest absolute Gasteiger partial charge is 0.497 e. The first kappa shape index (κ1) is 18.1. The molecule has 0 aromatic heterocycles. The van der Waals surface area contributed by atoms with Crippen LogP contribution in [0.1, 0.15) is 34.3 Å². The molecule has 4 rings (SSSR count). The van der Waals surface area contributed by atoms with Gasteiger partial charge in [0.05, 0.1) is 25.7 Å². The maximum absolute atomic E-state index is 12.9. The molecule has 1 aliphatic carbocycles. The number of esters is 1. The Bertz CT molecular complexity index is 1000. The number of hydrogen-bond acceptors (Lipinski definition) is 6. The van der Waals surface area contributed by atoms with E-state index in [0.717, 1.165) is 12.8 Å². The molecule has 6 nitrogen and oxygen atoms in total. The van der Waals surface area contributed by atoms with Crippen LogP contribution in [-0.2, 0) is 4.79 Å². The minimum atomic E-state index is -0.236. The molecule has 0 saturated heterocycles. The summed E-state index contributed by atoms with van der Waals surface area (Å²) in [5.74, 6) is 1.72. The number of aryl methyl sites for hydroxylation is 1. The van der Waals surface area contributed by atoms with Crippen molar-refractivity contribution in [2.75, 3.05) is 14.2 Å². The third-order valence-electron chi connectivity index (χ3n) is 4.80. The fourth-order valence-corrected chi connectivity index (χ4v) is 3.15. The Morgan fingerprint density at radius 3 is 2.57 bits per heavy atom. The average Bonchev–Trinajstić information content (AvgIpc) is 3.47. The highest BCUT2D eigenvalue weighted by atomic mass is 16.5. The highest BCUT2D eigenvalue weighted by Gasteiger charge is 2.33. The quantitative estimate of drug-likeness (QED) is 0.444. The summed E-state index contributed by atoms with van der Waals surface area (Å²) in [7, 11) is 3.13. The van der Waals surface area contributed by atoms with Gasteiger partial charge >= 0.3 is 5.97 Å². The van der Waals surface area contributed by atoms with Gasteiger partial charge in [-0.2, -0.15) is 0 Å².